The van der Waals surface area contributed by atoms with Gasteiger partial charge in [0.2, 0.25) is 5.91 Å². The maximum Gasteiger partial charge on any atom is 0.337 e. The summed E-state index contributed by atoms with van der Waals surface area (Å²) in [5, 5.41) is 12.1. The summed E-state index contributed by atoms with van der Waals surface area (Å²) in [6.45, 7) is 5.47. The zero-order valence-electron chi connectivity index (χ0n) is 16.1. The van der Waals surface area contributed by atoms with Gasteiger partial charge in [0.05, 0.1) is 16.9 Å². The molecule has 2 aromatic rings. The summed E-state index contributed by atoms with van der Waals surface area (Å²) in [6, 6.07) is 12.4. The number of nitrogens with one attached hydrogen (secondary N) is 1. The van der Waals surface area contributed by atoms with Crippen molar-refractivity contribution in [1.82, 2.24) is 4.90 Å². The van der Waals surface area contributed by atoms with Gasteiger partial charge in [0.15, 0.2) is 5.75 Å². The smallest absolute Gasteiger partial charge is 0.337 e. The summed E-state index contributed by atoms with van der Waals surface area (Å²) in [7, 11) is 2.10. The number of carbonyl (C=O) groups is 2. The molecule has 1 fully saturated rings. The third kappa shape index (κ3) is 4.61. The fraction of sp³-hybridized carbons (Fsp3) is 0.333. The van der Waals surface area contributed by atoms with E-state index in [9.17, 15) is 14.7 Å². The lowest BCUT2D eigenvalue weighted by Crippen LogP contribution is -2.44. The van der Waals surface area contributed by atoms with Crippen molar-refractivity contribution in [1.29, 1.82) is 0 Å². The van der Waals surface area contributed by atoms with Crippen molar-refractivity contribution in [3.8, 4) is 11.5 Å². The Balaban J connectivity index is 1.85. The third-order valence-electron chi connectivity index (χ3n) is 4.75. The molecule has 0 saturated carbocycles. The van der Waals surface area contributed by atoms with Crippen molar-refractivity contribution < 1.29 is 19.4 Å². The first-order valence-electron chi connectivity index (χ1n) is 9.35. The summed E-state index contributed by atoms with van der Waals surface area (Å²) >= 11 is 0. The molecule has 0 unspecified atom stereocenters. The number of carbonyl (C=O) groups excluding carboxylic acids is 1. The Morgan fingerprint density at radius 2 is 1.82 bits per heavy atom. The first-order chi connectivity index (χ1) is 13.5. The second-order valence-electron chi connectivity index (χ2n) is 6.77. The molecule has 0 radical (unpaired) electrons. The van der Waals surface area contributed by atoms with Gasteiger partial charge in [0, 0.05) is 32.6 Å². The molecule has 1 heterocycles. The molecule has 0 spiro atoms. The number of piperazine rings is 1. The van der Waals surface area contributed by atoms with E-state index in [1.54, 1.807) is 19.1 Å². The maximum absolute atomic E-state index is 11.6. The lowest BCUT2D eigenvalue weighted by atomic mass is 10.1. The van der Waals surface area contributed by atoms with E-state index < -0.39 is 5.97 Å². The minimum absolute atomic E-state index is 0.00335. The topological polar surface area (TPSA) is 82.1 Å². The normalized spacial score (nSPS) is 14.6. The van der Waals surface area contributed by atoms with Crippen molar-refractivity contribution in [3.05, 3.63) is 48.0 Å². The predicted molar refractivity (Wildman–Crippen MR) is 109 cm³/mol. The lowest BCUT2D eigenvalue weighted by molar-refractivity contribution is -0.115. The highest BCUT2D eigenvalue weighted by molar-refractivity contribution is 6.00. The van der Waals surface area contributed by atoms with Crippen LogP contribution >= 0.6 is 0 Å². The Hall–Kier alpha value is -3.06. The number of carboxylic acids is 1. The van der Waals surface area contributed by atoms with Crippen LogP contribution in [0.4, 0.5) is 11.4 Å². The van der Waals surface area contributed by atoms with Crippen LogP contribution in [-0.2, 0) is 4.79 Å². The summed E-state index contributed by atoms with van der Waals surface area (Å²) in [6.07, 6.45) is 0.274. The Morgan fingerprint density at radius 1 is 1.11 bits per heavy atom. The van der Waals surface area contributed by atoms with E-state index >= 15 is 0 Å². The van der Waals surface area contributed by atoms with E-state index in [2.05, 4.69) is 22.2 Å². The summed E-state index contributed by atoms with van der Waals surface area (Å²) in [4.78, 5) is 27.8. The highest BCUT2D eigenvalue weighted by Gasteiger charge is 2.19. The van der Waals surface area contributed by atoms with Crippen LogP contribution in [0.15, 0.2) is 42.5 Å². The number of hydrogen-bond donors (Lipinski definition) is 2. The number of carboxylic acid groups (broad SMARTS) is 1. The van der Waals surface area contributed by atoms with Crippen LogP contribution in [0.5, 0.6) is 11.5 Å². The van der Waals surface area contributed by atoms with Gasteiger partial charge in [-0.25, -0.2) is 4.79 Å². The number of nitrogens with zero attached hydrogens (tertiary/aromatic N) is 2. The van der Waals surface area contributed by atoms with E-state index in [0.717, 1.165) is 31.9 Å². The zero-order valence-corrected chi connectivity index (χ0v) is 16.1. The molecule has 3 rings (SSSR count). The van der Waals surface area contributed by atoms with Gasteiger partial charge in [-0.2, -0.15) is 0 Å². The molecule has 7 heteroatoms. The van der Waals surface area contributed by atoms with Crippen molar-refractivity contribution in [3.63, 3.8) is 0 Å². The van der Waals surface area contributed by atoms with E-state index in [4.69, 9.17) is 4.74 Å². The minimum Gasteiger partial charge on any atom is -0.478 e. The van der Waals surface area contributed by atoms with Crippen molar-refractivity contribution >= 4 is 23.3 Å². The molecule has 2 aromatic carbocycles. The molecule has 0 bridgehead atoms. The van der Waals surface area contributed by atoms with Crippen LogP contribution in [0.25, 0.3) is 0 Å². The van der Waals surface area contributed by atoms with Crippen LogP contribution in [0.2, 0.25) is 0 Å². The number of likely N-dealkylation sites (N-methyl/N-ethyl adjacent to an activating group) is 1. The SMILES string of the molecule is CCC(=O)Nc1ccc(Oc2ccccc2N2CCN(C)CC2)cc1C(=O)O. The number of benzene rings is 2. The van der Waals surface area contributed by atoms with E-state index in [1.165, 1.54) is 6.07 Å². The fourth-order valence-corrected chi connectivity index (χ4v) is 3.09. The van der Waals surface area contributed by atoms with Crippen LogP contribution in [0.3, 0.4) is 0 Å². The average molecular weight is 383 g/mol. The number of para-hydroxylation sites is 2. The molecule has 0 atom stereocenters. The largest absolute Gasteiger partial charge is 0.478 e. The second kappa shape index (κ2) is 8.75. The van der Waals surface area contributed by atoms with Gasteiger partial charge in [-0.1, -0.05) is 19.1 Å². The Kier molecular flexibility index (Phi) is 6.16. The second-order valence-corrected chi connectivity index (χ2v) is 6.77. The molecule has 148 valence electrons. The first kappa shape index (κ1) is 19.7. The Morgan fingerprint density at radius 3 is 2.50 bits per heavy atom. The van der Waals surface area contributed by atoms with Gasteiger partial charge in [-0.3, -0.25) is 4.79 Å². The maximum atomic E-state index is 11.6. The number of anilines is 2. The minimum atomic E-state index is -1.12. The van der Waals surface area contributed by atoms with Crippen LogP contribution < -0.4 is 15.0 Å². The Labute approximate surface area is 164 Å². The van der Waals surface area contributed by atoms with Gasteiger partial charge in [-0.15, -0.1) is 0 Å². The van der Waals surface area contributed by atoms with E-state index in [-0.39, 0.29) is 23.6 Å². The quantitative estimate of drug-likeness (QED) is 0.797. The molecule has 1 aliphatic rings. The highest BCUT2D eigenvalue weighted by atomic mass is 16.5. The van der Waals surface area contributed by atoms with Gasteiger partial charge < -0.3 is 25.0 Å². The summed E-state index contributed by atoms with van der Waals surface area (Å²) in [5.74, 6) is -0.275. The van der Waals surface area contributed by atoms with E-state index in [0.29, 0.717) is 11.5 Å². The van der Waals surface area contributed by atoms with Gasteiger partial charge in [0.1, 0.15) is 5.75 Å². The monoisotopic (exact) mass is 383 g/mol. The molecule has 7 nitrogen and oxygen atoms in total. The molecule has 0 aliphatic carbocycles. The van der Waals surface area contributed by atoms with Crippen molar-refractivity contribution in [2.24, 2.45) is 0 Å². The van der Waals surface area contributed by atoms with Crippen molar-refractivity contribution in [2.75, 3.05) is 43.4 Å². The number of ether oxygens (including phenoxy) is 1. The predicted octanol–water partition coefficient (Wildman–Crippen LogP) is 3.28. The molecule has 1 aliphatic heterocycles. The summed E-state index contributed by atoms with van der Waals surface area (Å²) in [5.41, 5.74) is 1.24. The summed E-state index contributed by atoms with van der Waals surface area (Å²) < 4.78 is 6.04. The van der Waals surface area contributed by atoms with Gasteiger partial charge >= 0.3 is 5.97 Å². The van der Waals surface area contributed by atoms with Crippen molar-refractivity contribution in [2.45, 2.75) is 13.3 Å². The zero-order chi connectivity index (χ0) is 20.1. The van der Waals surface area contributed by atoms with Crippen LogP contribution in [0, 0.1) is 0 Å². The fourth-order valence-electron chi connectivity index (χ4n) is 3.09. The molecule has 0 aromatic heterocycles. The van der Waals surface area contributed by atoms with Crippen LogP contribution in [-0.4, -0.2) is 55.1 Å². The van der Waals surface area contributed by atoms with Crippen LogP contribution in [0.1, 0.15) is 23.7 Å². The molecule has 28 heavy (non-hydrogen) atoms. The average Bonchev–Trinajstić information content (AvgIpc) is 2.70. The molecule has 1 saturated heterocycles. The van der Waals surface area contributed by atoms with Gasteiger partial charge in [-0.05, 0) is 37.4 Å². The highest BCUT2D eigenvalue weighted by Crippen LogP contribution is 2.34. The standard InChI is InChI=1S/C21H25N3O4/c1-3-20(25)22-17-9-8-15(14-16(17)21(26)27)28-19-7-5-4-6-18(19)24-12-10-23(2)11-13-24/h4-9,14H,3,10-13H2,1-2H3,(H,22,25)(H,26,27). The molecule has 1 amide bonds. The third-order valence-corrected chi connectivity index (χ3v) is 4.75. The van der Waals surface area contributed by atoms with E-state index in [1.807, 2.05) is 24.3 Å². The molecular weight excluding hydrogens is 358 g/mol. The lowest BCUT2D eigenvalue weighted by Gasteiger charge is -2.34. The molecular formula is C21H25N3O4. The number of aromatic carboxylic acids is 1. The number of amides is 1. The molecule has 2 N–H and O–H groups in total. The number of hydrogen-bond acceptors (Lipinski definition) is 5. The Bertz CT molecular complexity index is 860. The first-order valence-corrected chi connectivity index (χ1v) is 9.35. The van der Waals surface area contributed by atoms with Gasteiger partial charge in [0.25, 0.3) is 0 Å². The number of rotatable bonds is 6.